The van der Waals surface area contributed by atoms with Crippen molar-refractivity contribution in [3.63, 3.8) is 0 Å². The molecule has 2 heterocycles. The molecule has 2 aromatic rings. The van der Waals surface area contributed by atoms with Crippen molar-refractivity contribution in [3.05, 3.63) is 46.2 Å². The Labute approximate surface area is 126 Å². The Balaban J connectivity index is 2.10. The molecule has 0 spiro atoms. The van der Waals surface area contributed by atoms with Crippen LogP contribution < -0.4 is 5.32 Å². The molecule has 6 heteroatoms. The maximum Gasteiger partial charge on any atom is 0.126 e. The Hall–Kier alpha value is -0.970. The predicted octanol–water partition coefficient (Wildman–Crippen LogP) is 4.51. The van der Waals surface area contributed by atoms with Crippen LogP contribution in [0.2, 0.25) is 10.0 Å². The summed E-state index contributed by atoms with van der Waals surface area (Å²) < 4.78 is 0. The molecule has 0 aliphatic carbocycles. The van der Waals surface area contributed by atoms with Gasteiger partial charge in [0.2, 0.25) is 0 Å². The van der Waals surface area contributed by atoms with Crippen molar-refractivity contribution < 1.29 is 0 Å². The second-order valence-corrected chi connectivity index (χ2v) is 5.51. The third-order valence-electron chi connectivity index (χ3n) is 2.35. The minimum Gasteiger partial charge on any atom is -0.370 e. The first kappa shape index (κ1) is 14.4. The molecule has 0 fully saturated rings. The lowest BCUT2D eigenvalue weighted by Gasteiger charge is -2.07. The standard InChI is InChI=1S/C13H13Cl2N3S/c1-2-16-12-6-5-9(14)11(18-12)8-19-13-10(15)4-3-7-17-13/h3-7H,2,8H2,1H3,(H,16,18). The quantitative estimate of drug-likeness (QED) is 0.824. The van der Waals surface area contributed by atoms with Crippen molar-refractivity contribution in [2.75, 3.05) is 11.9 Å². The van der Waals surface area contributed by atoms with E-state index in [1.165, 1.54) is 11.8 Å². The summed E-state index contributed by atoms with van der Waals surface area (Å²) in [7, 11) is 0. The molecular formula is C13H13Cl2N3S. The van der Waals surface area contributed by atoms with E-state index in [1.807, 2.05) is 31.2 Å². The Bertz CT molecular complexity index is 563. The first-order chi connectivity index (χ1) is 9.20. The highest BCUT2D eigenvalue weighted by Gasteiger charge is 2.07. The van der Waals surface area contributed by atoms with Gasteiger partial charge in [-0.2, -0.15) is 0 Å². The summed E-state index contributed by atoms with van der Waals surface area (Å²) in [6.45, 7) is 2.85. The Morgan fingerprint density at radius 2 is 2.05 bits per heavy atom. The maximum atomic E-state index is 6.15. The molecule has 0 aliphatic rings. The number of anilines is 1. The van der Waals surface area contributed by atoms with Gasteiger partial charge in [0.1, 0.15) is 10.8 Å². The normalized spacial score (nSPS) is 10.5. The molecule has 0 atom stereocenters. The van der Waals surface area contributed by atoms with Crippen molar-refractivity contribution in [2.24, 2.45) is 0 Å². The lowest BCUT2D eigenvalue weighted by Crippen LogP contribution is -2.01. The summed E-state index contributed by atoms with van der Waals surface area (Å²) in [4.78, 5) is 8.70. The second-order valence-electron chi connectivity index (χ2n) is 3.73. The molecule has 0 saturated carbocycles. The molecule has 0 radical (unpaired) electrons. The van der Waals surface area contributed by atoms with Crippen LogP contribution in [-0.2, 0) is 5.75 Å². The number of pyridine rings is 2. The van der Waals surface area contributed by atoms with Crippen LogP contribution >= 0.6 is 35.0 Å². The average Bonchev–Trinajstić information content (AvgIpc) is 2.41. The van der Waals surface area contributed by atoms with Gasteiger partial charge in [-0.15, -0.1) is 0 Å². The van der Waals surface area contributed by atoms with Gasteiger partial charge in [-0.3, -0.25) is 0 Å². The van der Waals surface area contributed by atoms with E-state index < -0.39 is 0 Å². The summed E-state index contributed by atoms with van der Waals surface area (Å²) in [6, 6.07) is 7.35. The van der Waals surface area contributed by atoms with Crippen LogP contribution in [0, 0.1) is 0 Å². The molecule has 2 rings (SSSR count). The van der Waals surface area contributed by atoms with Crippen LogP contribution in [0.25, 0.3) is 0 Å². The highest BCUT2D eigenvalue weighted by atomic mass is 35.5. The second kappa shape index (κ2) is 6.98. The Morgan fingerprint density at radius 1 is 1.21 bits per heavy atom. The monoisotopic (exact) mass is 313 g/mol. The van der Waals surface area contributed by atoms with Gasteiger partial charge in [0.25, 0.3) is 0 Å². The predicted molar refractivity (Wildman–Crippen MR) is 82.2 cm³/mol. The fourth-order valence-corrected chi connectivity index (χ4v) is 2.85. The summed E-state index contributed by atoms with van der Waals surface area (Å²) in [5.74, 6) is 1.46. The third kappa shape index (κ3) is 4.00. The molecule has 0 bridgehead atoms. The lowest BCUT2D eigenvalue weighted by atomic mass is 10.3. The van der Waals surface area contributed by atoms with Crippen LogP contribution in [0.1, 0.15) is 12.6 Å². The molecule has 0 unspecified atom stereocenters. The molecule has 0 saturated heterocycles. The van der Waals surface area contributed by atoms with Gasteiger partial charge in [0.05, 0.1) is 15.7 Å². The largest absolute Gasteiger partial charge is 0.370 e. The zero-order valence-electron chi connectivity index (χ0n) is 10.4. The van der Waals surface area contributed by atoms with Crippen LogP contribution in [0.4, 0.5) is 5.82 Å². The van der Waals surface area contributed by atoms with Gasteiger partial charge in [0.15, 0.2) is 0 Å². The molecule has 0 aromatic carbocycles. The number of hydrogen-bond acceptors (Lipinski definition) is 4. The number of aromatic nitrogens is 2. The molecule has 1 N–H and O–H groups in total. The topological polar surface area (TPSA) is 37.8 Å². The van der Waals surface area contributed by atoms with E-state index >= 15 is 0 Å². The maximum absolute atomic E-state index is 6.15. The van der Waals surface area contributed by atoms with Gasteiger partial charge >= 0.3 is 0 Å². The number of nitrogens with one attached hydrogen (secondary N) is 1. The van der Waals surface area contributed by atoms with Gasteiger partial charge in [-0.1, -0.05) is 35.0 Å². The van der Waals surface area contributed by atoms with E-state index in [4.69, 9.17) is 23.2 Å². The van der Waals surface area contributed by atoms with E-state index in [0.717, 1.165) is 23.1 Å². The molecule has 0 amide bonds. The average molecular weight is 314 g/mol. The van der Waals surface area contributed by atoms with Crippen LogP contribution in [0.3, 0.4) is 0 Å². The summed E-state index contributed by atoms with van der Waals surface area (Å²) in [5, 5.41) is 5.25. The van der Waals surface area contributed by atoms with Crippen molar-refractivity contribution in [1.29, 1.82) is 0 Å². The van der Waals surface area contributed by atoms with Crippen LogP contribution in [-0.4, -0.2) is 16.5 Å². The van der Waals surface area contributed by atoms with E-state index in [9.17, 15) is 0 Å². The fraction of sp³-hybridized carbons (Fsp3) is 0.231. The zero-order chi connectivity index (χ0) is 13.7. The van der Waals surface area contributed by atoms with Crippen LogP contribution in [0.15, 0.2) is 35.5 Å². The number of hydrogen-bond donors (Lipinski definition) is 1. The number of halogens is 2. The molecule has 19 heavy (non-hydrogen) atoms. The molecule has 3 nitrogen and oxygen atoms in total. The van der Waals surface area contributed by atoms with E-state index in [2.05, 4.69) is 15.3 Å². The van der Waals surface area contributed by atoms with Gasteiger partial charge in [-0.05, 0) is 31.2 Å². The molecule has 2 aromatic heterocycles. The van der Waals surface area contributed by atoms with Gasteiger partial charge < -0.3 is 5.32 Å². The zero-order valence-corrected chi connectivity index (χ0v) is 12.7. The first-order valence-corrected chi connectivity index (χ1v) is 7.57. The first-order valence-electron chi connectivity index (χ1n) is 5.83. The molecular weight excluding hydrogens is 301 g/mol. The number of thioether (sulfide) groups is 1. The van der Waals surface area contributed by atoms with E-state index in [0.29, 0.717) is 15.8 Å². The summed E-state index contributed by atoms with van der Waals surface area (Å²) in [5.41, 5.74) is 0.826. The summed E-state index contributed by atoms with van der Waals surface area (Å²) >= 11 is 13.7. The van der Waals surface area contributed by atoms with Crippen molar-refractivity contribution in [2.45, 2.75) is 17.7 Å². The lowest BCUT2D eigenvalue weighted by molar-refractivity contribution is 1.10. The van der Waals surface area contributed by atoms with Gasteiger partial charge in [0, 0.05) is 18.5 Å². The van der Waals surface area contributed by atoms with Crippen molar-refractivity contribution in [1.82, 2.24) is 9.97 Å². The molecule has 100 valence electrons. The number of nitrogens with zero attached hydrogens (tertiary/aromatic N) is 2. The van der Waals surface area contributed by atoms with E-state index in [-0.39, 0.29) is 0 Å². The summed E-state index contributed by atoms with van der Waals surface area (Å²) in [6.07, 6.45) is 1.72. The Morgan fingerprint density at radius 3 is 2.79 bits per heavy atom. The highest BCUT2D eigenvalue weighted by Crippen LogP contribution is 2.29. The smallest absolute Gasteiger partial charge is 0.126 e. The minimum absolute atomic E-state index is 0.634. The van der Waals surface area contributed by atoms with Gasteiger partial charge in [-0.25, -0.2) is 9.97 Å². The van der Waals surface area contributed by atoms with Crippen molar-refractivity contribution >= 4 is 40.8 Å². The third-order valence-corrected chi connectivity index (χ3v) is 4.12. The SMILES string of the molecule is CCNc1ccc(Cl)c(CSc2ncccc2Cl)n1. The van der Waals surface area contributed by atoms with Crippen molar-refractivity contribution in [3.8, 4) is 0 Å². The Kier molecular flexibility index (Phi) is 5.31. The van der Waals surface area contributed by atoms with Crippen LogP contribution in [0.5, 0.6) is 0 Å². The number of rotatable bonds is 5. The minimum atomic E-state index is 0.634. The fourth-order valence-electron chi connectivity index (χ4n) is 1.48. The highest BCUT2D eigenvalue weighted by molar-refractivity contribution is 7.98. The van der Waals surface area contributed by atoms with E-state index in [1.54, 1.807) is 6.20 Å². The molecule has 0 aliphatic heterocycles.